The van der Waals surface area contributed by atoms with Gasteiger partial charge in [0.05, 0.1) is 5.56 Å². The summed E-state index contributed by atoms with van der Waals surface area (Å²) in [4.78, 5) is 11.3. The lowest BCUT2D eigenvalue weighted by Gasteiger charge is -2.01. The van der Waals surface area contributed by atoms with Gasteiger partial charge in [-0.3, -0.25) is 0 Å². The second-order valence-electron chi connectivity index (χ2n) is 2.61. The summed E-state index contributed by atoms with van der Waals surface area (Å²) in [5, 5.41) is 0. The molecule has 1 aromatic rings. The van der Waals surface area contributed by atoms with Gasteiger partial charge in [-0.2, -0.15) is 0 Å². The number of benzene rings is 1. The molecule has 0 fully saturated rings. The van der Waals surface area contributed by atoms with Gasteiger partial charge in [-0.25, -0.2) is 4.79 Å². The van der Waals surface area contributed by atoms with E-state index < -0.39 is 0 Å². The molecule has 2 heteroatoms. The molecule has 0 aliphatic carbocycles. The van der Waals surface area contributed by atoms with Crippen LogP contribution >= 0.6 is 0 Å². The Bertz CT molecular complexity index is 368. The molecule has 0 N–H and O–H groups in total. The van der Waals surface area contributed by atoms with E-state index in [1.165, 1.54) is 6.08 Å². The third-order valence-electron chi connectivity index (χ3n) is 1.62. The van der Waals surface area contributed by atoms with Crippen LogP contribution in [0, 0.1) is 12.3 Å². The van der Waals surface area contributed by atoms with Crippen LogP contribution in [0.25, 0.3) is 0 Å². The van der Waals surface area contributed by atoms with Crippen LogP contribution < -0.4 is 0 Å². The van der Waals surface area contributed by atoms with Crippen LogP contribution in [0.2, 0.25) is 0 Å². The number of rotatable bonds is 3. The number of carbonyl (C=O) groups excluding carboxylic acids is 1. The minimum atomic E-state index is -0.367. The van der Waals surface area contributed by atoms with Crippen molar-refractivity contribution in [2.45, 2.75) is 0 Å². The number of carbonyl (C=O) groups is 1. The topological polar surface area (TPSA) is 26.3 Å². The Balaban J connectivity index is 2.72. The predicted octanol–water partition coefficient (Wildman–Crippen LogP) is 2.01. The fourth-order valence-electron chi connectivity index (χ4n) is 0.920. The Morgan fingerprint density at radius 2 is 2.14 bits per heavy atom. The van der Waals surface area contributed by atoms with Gasteiger partial charge in [-0.1, -0.05) is 18.6 Å². The lowest BCUT2D eigenvalue weighted by atomic mass is 10.1. The van der Waals surface area contributed by atoms with Crippen LogP contribution in [-0.4, -0.2) is 12.6 Å². The largest absolute Gasteiger partial charge is 0.458 e. The third kappa shape index (κ3) is 2.49. The molecule has 1 aromatic carbocycles. The second-order valence-corrected chi connectivity index (χ2v) is 2.61. The van der Waals surface area contributed by atoms with Crippen LogP contribution in [0.15, 0.2) is 36.9 Å². The van der Waals surface area contributed by atoms with E-state index in [1.807, 2.05) is 0 Å². The molecule has 0 atom stereocenters. The summed E-state index contributed by atoms with van der Waals surface area (Å²) < 4.78 is 4.84. The molecular formula is C12H10O2. The SMILES string of the molecule is C#Cc1ccc(C(=O)OCC=C)cc1. The fourth-order valence-corrected chi connectivity index (χ4v) is 0.920. The minimum Gasteiger partial charge on any atom is -0.458 e. The lowest BCUT2D eigenvalue weighted by Crippen LogP contribution is -2.04. The van der Waals surface area contributed by atoms with Gasteiger partial charge in [0.2, 0.25) is 0 Å². The summed E-state index contributed by atoms with van der Waals surface area (Å²) in [6.07, 6.45) is 6.70. The fraction of sp³-hybridized carbons (Fsp3) is 0.0833. The minimum absolute atomic E-state index is 0.218. The Kier molecular flexibility index (Phi) is 3.51. The lowest BCUT2D eigenvalue weighted by molar-refractivity contribution is 0.0550. The highest BCUT2D eigenvalue weighted by Gasteiger charge is 2.04. The summed E-state index contributed by atoms with van der Waals surface area (Å²) in [6, 6.07) is 6.68. The predicted molar refractivity (Wildman–Crippen MR) is 54.9 cm³/mol. The van der Waals surface area contributed by atoms with Gasteiger partial charge in [-0.15, -0.1) is 6.42 Å². The van der Waals surface area contributed by atoms with Crippen LogP contribution in [0.5, 0.6) is 0 Å². The molecule has 0 aliphatic rings. The summed E-state index contributed by atoms with van der Waals surface area (Å²) in [6.45, 7) is 3.67. The number of esters is 1. The molecule has 0 heterocycles. The van der Waals surface area contributed by atoms with Crippen molar-refractivity contribution in [3.8, 4) is 12.3 Å². The molecule has 1 rings (SSSR count). The van der Waals surface area contributed by atoms with Crippen molar-refractivity contribution in [3.63, 3.8) is 0 Å². The highest BCUT2D eigenvalue weighted by atomic mass is 16.5. The molecule has 14 heavy (non-hydrogen) atoms. The van der Waals surface area contributed by atoms with Crippen molar-refractivity contribution in [3.05, 3.63) is 48.0 Å². The van der Waals surface area contributed by atoms with Crippen molar-refractivity contribution >= 4 is 5.97 Å². The molecule has 0 spiro atoms. The average Bonchev–Trinajstić information content (AvgIpc) is 2.26. The summed E-state index contributed by atoms with van der Waals surface area (Å²) in [7, 11) is 0. The number of hydrogen-bond donors (Lipinski definition) is 0. The van der Waals surface area contributed by atoms with E-state index in [0.717, 1.165) is 5.56 Å². The van der Waals surface area contributed by atoms with E-state index in [4.69, 9.17) is 11.2 Å². The van der Waals surface area contributed by atoms with Crippen molar-refractivity contribution in [2.75, 3.05) is 6.61 Å². The molecular weight excluding hydrogens is 176 g/mol. The van der Waals surface area contributed by atoms with Crippen LogP contribution in [-0.2, 0) is 4.74 Å². The molecule has 2 nitrogen and oxygen atoms in total. The van der Waals surface area contributed by atoms with Gasteiger partial charge in [0.15, 0.2) is 0 Å². The van der Waals surface area contributed by atoms with E-state index in [1.54, 1.807) is 24.3 Å². The van der Waals surface area contributed by atoms with Crippen molar-refractivity contribution in [1.29, 1.82) is 0 Å². The maximum Gasteiger partial charge on any atom is 0.338 e. The Morgan fingerprint density at radius 3 is 2.64 bits per heavy atom. The zero-order valence-electron chi connectivity index (χ0n) is 7.69. The third-order valence-corrected chi connectivity index (χ3v) is 1.62. The zero-order chi connectivity index (χ0) is 10.4. The van der Waals surface area contributed by atoms with E-state index in [9.17, 15) is 4.79 Å². The second kappa shape index (κ2) is 4.88. The molecule has 0 radical (unpaired) electrons. The van der Waals surface area contributed by atoms with Crippen molar-refractivity contribution < 1.29 is 9.53 Å². The highest BCUT2D eigenvalue weighted by molar-refractivity contribution is 5.89. The molecule has 0 aromatic heterocycles. The van der Waals surface area contributed by atoms with Gasteiger partial charge in [0.25, 0.3) is 0 Å². The van der Waals surface area contributed by atoms with Gasteiger partial charge in [0.1, 0.15) is 6.61 Å². The Morgan fingerprint density at radius 1 is 1.50 bits per heavy atom. The van der Waals surface area contributed by atoms with Crippen LogP contribution in [0.3, 0.4) is 0 Å². The molecule has 0 saturated heterocycles. The van der Waals surface area contributed by atoms with Crippen LogP contribution in [0.4, 0.5) is 0 Å². The van der Waals surface area contributed by atoms with Gasteiger partial charge in [-0.05, 0) is 24.3 Å². The molecule has 0 unspecified atom stereocenters. The first-order chi connectivity index (χ1) is 6.77. The van der Waals surface area contributed by atoms with Gasteiger partial charge >= 0.3 is 5.97 Å². The summed E-state index contributed by atoms with van der Waals surface area (Å²) in [5.41, 5.74) is 1.23. The molecule has 0 saturated carbocycles. The molecule has 0 bridgehead atoms. The van der Waals surface area contributed by atoms with Crippen molar-refractivity contribution in [2.24, 2.45) is 0 Å². The van der Waals surface area contributed by atoms with Gasteiger partial charge in [0, 0.05) is 5.56 Å². The molecule has 0 aliphatic heterocycles. The quantitative estimate of drug-likeness (QED) is 0.410. The molecule has 70 valence electrons. The first kappa shape index (κ1) is 10.1. The first-order valence-corrected chi connectivity index (χ1v) is 4.12. The van der Waals surface area contributed by atoms with E-state index >= 15 is 0 Å². The maximum atomic E-state index is 11.3. The number of ether oxygens (including phenoxy) is 1. The highest BCUT2D eigenvalue weighted by Crippen LogP contribution is 2.04. The molecule has 0 amide bonds. The monoisotopic (exact) mass is 186 g/mol. The average molecular weight is 186 g/mol. The van der Waals surface area contributed by atoms with Crippen LogP contribution in [0.1, 0.15) is 15.9 Å². The first-order valence-electron chi connectivity index (χ1n) is 4.12. The number of hydrogen-bond acceptors (Lipinski definition) is 2. The Hall–Kier alpha value is -2.01. The smallest absolute Gasteiger partial charge is 0.338 e. The van der Waals surface area contributed by atoms with Crippen molar-refractivity contribution in [1.82, 2.24) is 0 Å². The van der Waals surface area contributed by atoms with E-state index in [2.05, 4.69) is 12.5 Å². The summed E-state index contributed by atoms with van der Waals surface area (Å²) >= 11 is 0. The number of terminal acetylenes is 1. The normalized spacial score (nSPS) is 8.79. The van der Waals surface area contributed by atoms with E-state index in [-0.39, 0.29) is 12.6 Å². The van der Waals surface area contributed by atoms with E-state index in [0.29, 0.717) is 5.56 Å². The van der Waals surface area contributed by atoms with Gasteiger partial charge < -0.3 is 4.74 Å². The maximum absolute atomic E-state index is 11.3. The zero-order valence-corrected chi connectivity index (χ0v) is 7.69. The summed E-state index contributed by atoms with van der Waals surface area (Å²) in [5.74, 6) is 2.10. The Labute approximate surface area is 83.2 Å². The standard InChI is InChI=1S/C12H10O2/c1-3-9-14-12(13)11-7-5-10(4-2)6-8-11/h2-3,5-8H,1,9H2.